The van der Waals surface area contributed by atoms with Gasteiger partial charge in [0.25, 0.3) is 0 Å². The molecule has 0 spiro atoms. The van der Waals surface area contributed by atoms with E-state index in [9.17, 15) is 13.6 Å². The van der Waals surface area contributed by atoms with Gasteiger partial charge in [-0.2, -0.15) is 0 Å². The minimum atomic E-state index is -0.671. The first kappa shape index (κ1) is 22.9. The Balaban J connectivity index is 1.36. The average molecular weight is 459 g/mol. The standard InChI is InChI=1S/C24H27F2N3O4/c1-13-8-16(21-17(25)6-5-7-18(21)26)22(27-12-13)19-11-20(29-33-19)31-14-9-15(10-14)32-23(30)28-24(2,3)4/h5-8,12,14-15,19H,9-11H2,1-4H3,(H,28,30). The molecular formula is C24H27F2N3O4. The summed E-state index contributed by atoms with van der Waals surface area (Å²) in [6, 6.07) is 5.42. The molecule has 176 valence electrons. The average Bonchev–Trinajstić information content (AvgIpc) is 3.13. The molecule has 9 heteroatoms. The minimum absolute atomic E-state index is 0.144. The van der Waals surface area contributed by atoms with Crippen LogP contribution in [0.15, 0.2) is 35.6 Å². The molecular weight excluding hydrogens is 432 g/mol. The van der Waals surface area contributed by atoms with Gasteiger partial charge in [-0.15, -0.1) is 0 Å². The normalized spacial score (nSPS) is 22.1. The summed E-state index contributed by atoms with van der Waals surface area (Å²) >= 11 is 0. The highest BCUT2D eigenvalue weighted by molar-refractivity contribution is 5.79. The molecule has 1 fully saturated rings. The molecule has 1 atom stereocenters. The fourth-order valence-electron chi connectivity index (χ4n) is 3.75. The molecule has 1 amide bonds. The summed E-state index contributed by atoms with van der Waals surface area (Å²) in [7, 11) is 0. The van der Waals surface area contributed by atoms with Crippen molar-refractivity contribution < 1.29 is 27.9 Å². The smallest absolute Gasteiger partial charge is 0.407 e. The monoisotopic (exact) mass is 459 g/mol. The van der Waals surface area contributed by atoms with Crippen LogP contribution in [0.4, 0.5) is 13.6 Å². The highest BCUT2D eigenvalue weighted by atomic mass is 19.1. The third-order valence-corrected chi connectivity index (χ3v) is 5.34. The lowest BCUT2D eigenvalue weighted by atomic mass is 9.92. The lowest BCUT2D eigenvalue weighted by molar-refractivity contribution is -0.0307. The van der Waals surface area contributed by atoms with Gasteiger partial charge in [-0.3, -0.25) is 4.98 Å². The zero-order valence-corrected chi connectivity index (χ0v) is 19.0. The second-order valence-electron chi connectivity index (χ2n) is 9.44. The highest BCUT2D eigenvalue weighted by Gasteiger charge is 2.37. The van der Waals surface area contributed by atoms with Crippen molar-refractivity contribution in [3.63, 3.8) is 0 Å². The number of pyridine rings is 1. The molecule has 1 saturated carbocycles. The number of nitrogens with zero attached hydrogens (tertiary/aromatic N) is 2. The Morgan fingerprint density at radius 1 is 1.18 bits per heavy atom. The molecule has 1 aliphatic heterocycles. The number of hydrogen-bond donors (Lipinski definition) is 1. The largest absolute Gasteiger partial charge is 0.475 e. The Kier molecular flexibility index (Phi) is 6.23. The van der Waals surface area contributed by atoms with E-state index in [0.717, 1.165) is 5.56 Å². The van der Waals surface area contributed by atoms with Crippen LogP contribution in [0.25, 0.3) is 11.1 Å². The van der Waals surface area contributed by atoms with E-state index >= 15 is 0 Å². The number of carbonyl (C=O) groups is 1. The van der Waals surface area contributed by atoms with E-state index in [1.165, 1.54) is 18.2 Å². The Morgan fingerprint density at radius 3 is 2.55 bits per heavy atom. The fourth-order valence-corrected chi connectivity index (χ4v) is 3.75. The van der Waals surface area contributed by atoms with Crippen LogP contribution in [0.2, 0.25) is 0 Å². The molecule has 1 aromatic carbocycles. The Labute approximate surface area is 191 Å². The van der Waals surface area contributed by atoms with Gasteiger partial charge in [0.15, 0.2) is 6.10 Å². The summed E-state index contributed by atoms with van der Waals surface area (Å²) in [5.41, 5.74) is 0.974. The Morgan fingerprint density at radius 2 is 1.88 bits per heavy atom. The summed E-state index contributed by atoms with van der Waals surface area (Å²) in [5, 5.41) is 6.75. The molecule has 2 heterocycles. The molecule has 1 unspecified atom stereocenters. The second kappa shape index (κ2) is 8.96. The van der Waals surface area contributed by atoms with Gasteiger partial charge in [0, 0.05) is 30.1 Å². The third-order valence-electron chi connectivity index (χ3n) is 5.34. The molecule has 0 bridgehead atoms. The van der Waals surface area contributed by atoms with Crippen LogP contribution in [0.3, 0.4) is 0 Å². The van der Waals surface area contributed by atoms with Gasteiger partial charge in [0.05, 0.1) is 17.7 Å². The molecule has 4 rings (SSSR count). The van der Waals surface area contributed by atoms with Crippen molar-refractivity contribution >= 4 is 12.0 Å². The van der Waals surface area contributed by atoms with Gasteiger partial charge in [-0.05, 0) is 51.5 Å². The molecule has 1 aromatic heterocycles. The van der Waals surface area contributed by atoms with E-state index in [4.69, 9.17) is 14.3 Å². The van der Waals surface area contributed by atoms with Crippen LogP contribution >= 0.6 is 0 Å². The van der Waals surface area contributed by atoms with Crippen molar-refractivity contribution in [2.45, 2.75) is 70.8 Å². The Bertz CT molecular complexity index is 1060. The first-order valence-electron chi connectivity index (χ1n) is 10.9. The van der Waals surface area contributed by atoms with Gasteiger partial charge >= 0.3 is 6.09 Å². The number of rotatable bonds is 4. The number of carbonyl (C=O) groups excluding carboxylic acids is 1. The van der Waals surface area contributed by atoms with Gasteiger partial charge in [-0.25, -0.2) is 13.6 Å². The van der Waals surface area contributed by atoms with Crippen molar-refractivity contribution in [2.75, 3.05) is 0 Å². The fraction of sp³-hybridized carbons (Fsp3) is 0.458. The van der Waals surface area contributed by atoms with E-state index in [-0.39, 0.29) is 29.7 Å². The summed E-state index contributed by atoms with van der Waals surface area (Å²) in [4.78, 5) is 21.8. The van der Waals surface area contributed by atoms with Crippen LogP contribution in [0.1, 0.15) is 57.4 Å². The zero-order valence-electron chi connectivity index (χ0n) is 19.0. The number of halogens is 2. The quantitative estimate of drug-likeness (QED) is 0.681. The maximum absolute atomic E-state index is 14.5. The van der Waals surface area contributed by atoms with Crippen molar-refractivity contribution in [1.82, 2.24) is 10.3 Å². The number of oxime groups is 1. The molecule has 2 aliphatic rings. The molecule has 1 N–H and O–H groups in total. The lowest BCUT2D eigenvalue weighted by Gasteiger charge is -2.35. The van der Waals surface area contributed by atoms with Crippen LogP contribution in [-0.4, -0.2) is 34.7 Å². The summed E-state index contributed by atoms with van der Waals surface area (Å²) in [5.74, 6) is -0.963. The number of aryl methyl sites for hydroxylation is 1. The van der Waals surface area contributed by atoms with E-state index in [1.54, 1.807) is 19.2 Å². The SMILES string of the molecule is Cc1cnc(C2CC(OC3CC(OC(=O)NC(C)(C)C)C3)=NO2)c(-c2c(F)cccc2F)c1. The number of amides is 1. The van der Waals surface area contributed by atoms with Crippen LogP contribution in [0, 0.1) is 18.6 Å². The molecule has 33 heavy (non-hydrogen) atoms. The molecule has 2 aromatic rings. The van der Waals surface area contributed by atoms with E-state index < -0.39 is 23.8 Å². The topological polar surface area (TPSA) is 82.0 Å². The van der Waals surface area contributed by atoms with Crippen LogP contribution in [0.5, 0.6) is 0 Å². The van der Waals surface area contributed by atoms with Crippen LogP contribution in [-0.2, 0) is 14.3 Å². The minimum Gasteiger partial charge on any atom is -0.475 e. The number of hydrogen-bond acceptors (Lipinski definition) is 6. The zero-order chi connectivity index (χ0) is 23.8. The number of alkyl carbamates (subject to hydrolysis) is 1. The highest BCUT2D eigenvalue weighted by Crippen LogP contribution is 2.37. The number of benzene rings is 1. The maximum Gasteiger partial charge on any atom is 0.407 e. The van der Waals surface area contributed by atoms with Crippen molar-refractivity contribution in [2.24, 2.45) is 5.16 Å². The van der Waals surface area contributed by atoms with Crippen molar-refractivity contribution in [3.05, 3.63) is 53.4 Å². The van der Waals surface area contributed by atoms with Gasteiger partial charge in [0.1, 0.15) is 23.8 Å². The maximum atomic E-state index is 14.5. The number of nitrogens with one attached hydrogen (secondary N) is 1. The molecule has 0 saturated heterocycles. The van der Waals surface area contributed by atoms with Gasteiger partial charge < -0.3 is 19.6 Å². The number of aromatic nitrogens is 1. The van der Waals surface area contributed by atoms with Crippen molar-refractivity contribution in [1.29, 1.82) is 0 Å². The molecule has 7 nitrogen and oxygen atoms in total. The summed E-state index contributed by atoms with van der Waals surface area (Å²) in [6.07, 6.45) is 1.57. The predicted molar refractivity (Wildman–Crippen MR) is 117 cm³/mol. The Hall–Kier alpha value is -3.23. The first-order valence-corrected chi connectivity index (χ1v) is 10.9. The number of ether oxygens (including phenoxy) is 2. The van der Waals surface area contributed by atoms with Crippen LogP contribution < -0.4 is 5.32 Å². The lowest BCUT2D eigenvalue weighted by Crippen LogP contribution is -2.46. The summed E-state index contributed by atoms with van der Waals surface area (Å²) < 4.78 is 40.1. The van der Waals surface area contributed by atoms with Crippen molar-refractivity contribution in [3.8, 4) is 11.1 Å². The van der Waals surface area contributed by atoms with E-state index in [1.807, 2.05) is 20.8 Å². The summed E-state index contributed by atoms with van der Waals surface area (Å²) in [6.45, 7) is 7.44. The second-order valence-corrected chi connectivity index (χ2v) is 9.44. The van der Waals surface area contributed by atoms with Gasteiger partial charge in [0.2, 0.25) is 5.90 Å². The van der Waals surface area contributed by atoms with E-state index in [0.29, 0.717) is 30.0 Å². The molecule has 1 aliphatic carbocycles. The molecule has 0 radical (unpaired) electrons. The predicted octanol–water partition coefficient (Wildman–Crippen LogP) is 5.18. The first-order chi connectivity index (χ1) is 15.6. The van der Waals surface area contributed by atoms with Gasteiger partial charge in [-0.1, -0.05) is 11.2 Å². The van der Waals surface area contributed by atoms with E-state index in [2.05, 4.69) is 15.5 Å². The third kappa shape index (κ3) is 5.40.